The first-order valence-electron chi connectivity index (χ1n) is 5.85. The Kier molecular flexibility index (Phi) is 2.97. The molecule has 0 aliphatic rings. The van der Waals surface area contributed by atoms with E-state index >= 15 is 0 Å². The van der Waals surface area contributed by atoms with Crippen LogP contribution in [0.5, 0.6) is 0 Å². The van der Waals surface area contributed by atoms with Crippen LogP contribution in [0.2, 0.25) is 0 Å². The van der Waals surface area contributed by atoms with Crippen LogP contribution in [-0.4, -0.2) is 9.55 Å². The fourth-order valence-electron chi connectivity index (χ4n) is 2.11. The number of benzene rings is 1. The highest BCUT2D eigenvalue weighted by molar-refractivity contribution is 7.71. The van der Waals surface area contributed by atoms with Crippen molar-refractivity contribution in [2.24, 2.45) is 0 Å². The van der Waals surface area contributed by atoms with E-state index in [-0.39, 0.29) is 0 Å². The first-order valence-corrected chi connectivity index (χ1v) is 7.08. The van der Waals surface area contributed by atoms with Crippen molar-refractivity contribution in [2.75, 3.05) is 0 Å². The van der Waals surface area contributed by atoms with Gasteiger partial charge < -0.3 is 9.55 Å². The van der Waals surface area contributed by atoms with Gasteiger partial charge in [-0.05, 0) is 49.5 Å². The van der Waals surface area contributed by atoms with Crippen molar-refractivity contribution in [1.82, 2.24) is 9.55 Å². The molecule has 3 rings (SSSR count). The van der Waals surface area contributed by atoms with Crippen molar-refractivity contribution < 1.29 is 0 Å². The molecular weight excluding hydrogens is 274 g/mol. The monoisotopic (exact) mass is 285 g/mol. The van der Waals surface area contributed by atoms with Gasteiger partial charge in [0.2, 0.25) is 0 Å². The van der Waals surface area contributed by atoms with Crippen LogP contribution in [-0.2, 0) is 6.54 Å². The highest BCUT2D eigenvalue weighted by atomic mass is 32.1. The van der Waals surface area contributed by atoms with Crippen LogP contribution in [0.3, 0.4) is 0 Å². The Labute approximate surface area is 119 Å². The second-order valence-electron chi connectivity index (χ2n) is 4.37. The van der Waals surface area contributed by atoms with Gasteiger partial charge in [0.1, 0.15) is 0 Å². The SMILES string of the molecule is Cc1ccc(Cn2c(=S)[nH]c3ccc(C#N)cc32)s1. The molecule has 1 N–H and O–H groups in total. The number of hydrogen-bond acceptors (Lipinski definition) is 3. The second-order valence-corrected chi connectivity index (χ2v) is 6.13. The number of nitriles is 1. The number of nitrogens with one attached hydrogen (secondary N) is 1. The van der Waals surface area contributed by atoms with Gasteiger partial charge in [-0.3, -0.25) is 0 Å². The molecule has 0 amide bonds. The predicted octanol–water partition coefficient (Wildman–Crippen LogP) is 3.99. The summed E-state index contributed by atoms with van der Waals surface area (Å²) in [4.78, 5) is 5.73. The van der Waals surface area contributed by atoms with Gasteiger partial charge in [0.05, 0.1) is 29.2 Å². The first-order chi connectivity index (χ1) is 9.17. The molecule has 2 heterocycles. The zero-order valence-electron chi connectivity index (χ0n) is 10.3. The Bertz CT molecular complexity index is 846. The summed E-state index contributed by atoms with van der Waals surface area (Å²) in [5, 5.41) is 8.99. The average molecular weight is 285 g/mol. The minimum absolute atomic E-state index is 0.651. The molecule has 0 unspecified atom stereocenters. The Morgan fingerprint density at radius 2 is 2.21 bits per heavy atom. The third kappa shape index (κ3) is 2.21. The van der Waals surface area contributed by atoms with Crippen molar-refractivity contribution in [3.8, 4) is 6.07 Å². The fraction of sp³-hybridized carbons (Fsp3) is 0.143. The minimum atomic E-state index is 0.651. The number of aromatic nitrogens is 2. The number of aryl methyl sites for hydroxylation is 1. The predicted molar refractivity (Wildman–Crippen MR) is 80.0 cm³/mol. The maximum Gasteiger partial charge on any atom is 0.178 e. The van der Waals surface area contributed by atoms with E-state index in [1.807, 2.05) is 16.7 Å². The molecule has 0 spiro atoms. The number of H-pyrrole nitrogens is 1. The molecule has 0 aliphatic carbocycles. The number of aromatic amines is 1. The summed E-state index contributed by atoms with van der Waals surface area (Å²) in [7, 11) is 0. The molecule has 0 atom stereocenters. The summed E-state index contributed by atoms with van der Waals surface area (Å²) < 4.78 is 2.73. The normalized spacial score (nSPS) is 10.7. The van der Waals surface area contributed by atoms with Crippen LogP contribution in [0.15, 0.2) is 30.3 Å². The van der Waals surface area contributed by atoms with E-state index in [0.717, 1.165) is 17.6 Å². The molecule has 5 heteroatoms. The molecule has 0 bridgehead atoms. The molecule has 0 saturated heterocycles. The van der Waals surface area contributed by atoms with Crippen LogP contribution in [0.4, 0.5) is 0 Å². The molecular formula is C14H11N3S2. The summed E-state index contributed by atoms with van der Waals surface area (Å²) in [5.74, 6) is 0. The van der Waals surface area contributed by atoms with E-state index in [4.69, 9.17) is 17.5 Å². The number of fused-ring (bicyclic) bond motifs is 1. The summed E-state index contributed by atoms with van der Waals surface area (Å²) >= 11 is 7.13. The maximum absolute atomic E-state index is 8.99. The molecule has 2 aromatic heterocycles. The molecule has 19 heavy (non-hydrogen) atoms. The molecule has 1 aromatic carbocycles. The van der Waals surface area contributed by atoms with Gasteiger partial charge in [0.25, 0.3) is 0 Å². The second kappa shape index (κ2) is 4.65. The summed E-state index contributed by atoms with van der Waals surface area (Å²) in [5.41, 5.74) is 2.60. The zero-order chi connectivity index (χ0) is 13.4. The lowest BCUT2D eigenvalue weighted by Gasteiger charge is -2.02. The van der Waals surface area contributed by atoms with E-state index in [9.17, 15) is 0 Å². The molecule has 0 aliphatic heterocycles. The van der Waals surface area contributed by atoms with Crippen molar-refractivity contribution in [3.05, 3.63) is 50.4 Å². The largest absolute Gasteiger partial charge is 0.331 e. The Hall–Kier alpha value is -1.90. The van der Waals surface area contributed by atoms with Crippen LogP contribution < -0.4 is 0 Å². The van der Waals surface area contributed by atoms with Crippen LogP contribution in [0.25, 0.3) is 11.0 Å². The van der Waals surface area contributed by atoms with Gasteiger partial charge in [-0.2, -0.15) is 5.26 Å². The molecule has 0 fully saturated rings. The van der Waals surface area contributed by atoms with E-state index < -0.39 is 0 Å². The lowest BCUT2D eigenvalue weighted by atomic mass is 10.2. The number of thiophene rings is 1. The first kappa shape index (κ1) is 12.2. The topological polar surface area (TPSA) is 44.5 Å². The lowest BCUT2D eigenvalue weighted by molar-refractivity contribution is 0.823. The summed E-state index contributed by atoms with van der Waals surface area (Å²) in [6.07, 6.45) is 0. The van der Waals surface area contributed by atoms with Crippen molar-refractivity contribution >= 4 is 34.6 Å². The Balaban J connectivity index is 2.14. The molecule has 94 valence electrons. The molecule has 0 radical (unpaired) electrons. The van der Waals surface area contributed by atoms with Gasteiger partial charge in [0.15, 0.2) is 4.77 Å². The quantitative estimate of drug-likeness (QED) is 0.724. The average Bonchev–Trinajstić information content (AvgIpc) is 2.94. The highest BCUT2D eigenvalue weighted by Crippen LogP contribution is 2.21. The Morgan fingerprint density at radius 3 is 2.89 bits per heavy atom. The van der Waals surface area contributed by atoms with Crippen molar-refractivity contribution in [1.29, 1.82) is 5.26 Å². The smallest absolute Gasteiger partial charge is 0.178 e. The fourth-order valence-corrected chi connectivity index (χ4v) is 3.26. The lowest BCUT2D eigenvalue weighted by Crippen LogP contribution is -1.97. The highest BCUT2D eigenvalue weighted by Gasteiger charge is 2.07. The van der Waals surface area contributed by atoms with Gasteiger partial charge in [-0.15, -0.1) is 11.3 Å². The van der Waals surface area contributed by atoms with E-state index in [1.54, 1.807) is 17.4 Å². The number of imidazole rings is 1. The third-order valence-electron chi connectivity index (χ3n) is 3.01. The van der Waals surface area contributed by atoms with Gasteiger partial charge in [-0.1, -0.05) is 0 Å². The molecule has 3 nitrogen and oxygen atoms in total. The van der Waals surface area contributed by atoms with Gasteiger partial charge in [-0.25, -0.2) is 0 Å². The van der Waals surface area contributed by atoms with Crippen LogP contribution >= 0.6 is 23.6 Å². The number of hydrogen-bond donors (Lipinski definition) is 1. The number of nitrogens with zero attached hydrogens (tertiary/aromatic N) is 2. The van der Waals surface area contributed by atoms with E-state index in [2.05, 4.69) is 30.1 Å². The minimum Gasteiger partial charge on any atom is -0.331 e. The maximum atomic E-state index is 8.99. The standard InChI is InChI=1S/C14H11N3S2/c1-9-2-4-11(19-9)8-17-13-6-10(7-15)3-5-12(13)16-14(17)18/h2-6H,8H2,1H3,(H,16,18). The molecule has 0 saturated carbocycles. The van der Waals surface area contributed by atoms with Crippen LogP contribution in [0.1, 0.15) is 15.3 Å². The molecule has 3 aromatic rings. The number of rotatable bonds is 2. The summed E-state index contributed by atoms with van der Waals surface area (Å²) in [6, 6.07) is 12.0. The van der Waals surface area contributed by atoms with E-state index in [1.165, 1.54) is 9.75 Å². The third-order valence-corrected chi connectivity index (χ3v) is 4.32. The zero-order valence-corrected chi connectivity index (χ0v) is 11.9. The van der Waals surface area contributed by atoms with Crippen LogP contribution in [0, 0.1) is 23.0 Å². The van der Waals surface area contributed by atoms with E-state index in [0.29, 0.717) is 10.3 Å². The van der Waals surface area contributed by atoms with Gasteiger partial charge >= 0.3 is 0 Å². The van der Waals surface area contributed by atoms with Gasteiger partial charge in [0, 0.05) is 9.75 Å². The summed E-state index contributed by atoms with van der Waals surface area (Å²) in [6.45, 7) is 2.84. The van der Waals surface area contributed by atoms with Crippen molar-refractivity contribution in [3.63, 3.8) is 0 Å². The Morgan fingerprint density at radius 1 is 1.37 bits per heavy atom. The van der Waals surface area contributed by atoms with Crippen molar-refractivity contribution in [2.45, 2.75) is 13.5 Å².